The standard InChI is InChI=1S/C22H23F4NO/c23-17-11-12-18(19(14-17)22(24,25)26)21(28)27-20(16-9-5-2-6-10-16)13-15-7-3-1-4-8-15/h1,3-4,7-8,11-12,14,16,20H,2,5-6,9-10,13H2,(H,27,28). The lowest BCUT2D eigenvalue weighted by atomic mass is 9.81. The summed E-state index contributed by atoms with van der Waals surface area (Å²) in [5, 5.41) is 2.82. The molecule has 1 atom stereocenters. The summed E-state index contributed by atoms with van der Waals surface area (Å²) in [6.07, 6.45) is 0.875. The number of halogens is 4. The first-order valence-corrected chi connectivity index (χ1v) is 9.56. The van der Waals surface area contributed by atoms with Gasteiger partial charge in [0.05, 0.1) is 11.1 Å². The summed E-state index contributed by atoms with van der Waals surface area (Å²) in [7, 11) is 0. The second kappa shape index (κ2) is 8.76. The molecule has 1 aliphatic rings. The highest BCUT2D eigenvalue weighted by molar-refractivity contribution is 5.96. The second-order valence-electron chi connectivity index (χ2n) is 7.36. The molecule has 0 saturated heterocycles. The Hall–Kier alpha value is -2.37. The summed E-state index contributed by atoms with van der Waals surface area (Å²) in [6, 6.07) is 11.5. The Balaban J connectivity index is 1.85. The fraction of sp³-hybridized carbons (Fsp3) is 0.409. The first kappa shape index (κ1) is 20.4. The number of amides is 1. The molecule has 2 aromatic carbocycles. The minimum Gasteiger partial charge on any atom is -0.349 e. The van der Waals surface area contributed by atoms with E-state index >= 15 is 0 Å². The fourth-order valence-electron chi connectivity index (χ4n) is 3.94. The summed E-state index contributed by atoms with van der Waals surface area (Å²) in [5.41, 5.74) is -0.761. The molecule has 3 rings (SSSR count). The van der Waals surface area contributed by atoms with E-state index in [1.807, 2.05) is 30.3 Å². The predicted molar refractivity (Wildman–Crippen MR) is 99.4 cm³/mol. The van der Waals surface area contributed by atoms with E-state index in [-0.39, 0.29) is 12.0 Å². The zero-order valence-corrected chi connectivity index (χ0v) is 15.4. The smallest absolute Gasteiger partial charge is 0.349 e. The molecule has 2 aromatic rings. The summed E-state index contributed by atoms with van der Waals surface area (Å²) >= 11 is 0. The van der Waals surface area contributed by atoms with E-state index in [2.05, 4.69) is 5.32 Å². The maximum atomic E-state index is 13.4. The summed E-state index contributed by atoms with van der Waals surface area (Å²) in [5.74, 6) is -1.61. The van der Waals surface area contributed by atoms with Gasteiger partial charge in [-0.05, 0) is 48.9 Å². The minimum atomic E-state index is -4.80. The van der Waals surface area contributed by atoms with Crippen molar-refractivity contribution < 1.29 is 22.4 Å². The number of hydrogen-bond acceptors (Lipinski definition) is 1. The third-order valence-corrected chi connectivity index (χ3v) is 5.37. The fourth-order valence-corrected chi connectivity index (χ4v) is 3.94. The molecule has 150 valence electrons. The van der Waals surface area contributed by atoms with Crippen LogP contribution in [-0.2, 0) is 12.6 Å². The van der Waals surface area contributed by atoms with Gasteiger partial charge in [0.15, 0.2) is 0 Å². The maximum Gasteiger partial charge on any atom is 0.417 e. The molecule has 1 amide bonds. The lowest BCUT2D eigenvalue weighted by molar-refractivity contribution is -0.138. The van der Waals surface area contributed by atoms with Crippen LogP contribution in [0.15, 0.2) is 48.5 Å². The lowest BCUT2D eigenvalue weighted by Crippen LogP contribution is -2.43. The van der Waals surface area contributed by atoms with Crippen molar-refractivity contribution in [3.63, 3.8) is 0 Å². The average Bonchev–Trinajstić information content (AvgIpc) is 2.68. The Bertz CT molecular complexity index is 798. The molecular formula is C22H23F4NO. The van der Waals surface area contributed by atoms with Crippen molar-refractivity contribution in [1.29, 1.82) is 0 Å². The van der Waals surface area contributed by atoms with E-state index < -0.39 is 29.0 Å². The second-order valence-corrected chi connectivity index (χ2v) is 7.36. The first-order chi connectivity index (χ1) is 13.3. The van der Waals surface area contributed by atoms with Crippen molar-refractivity contribution in [2.45, 2.75) is 50.7 Å². The quantitative estimate of drug-likeness (QED) is 0.643. The minimum absolute atomic E-state index is 0.215. The number of benzene rings is 2. The monoisotopic (exact) mass is 393 g/mol. The number of carbonyl (C=O) groups is 1. The van der Waals surface area contributed by atoms with Crippen molar-refractivity contribution in [2.24, 2.45) is 5.92 Å². The Labute approximate surface area is 162 Å². The van der Waals surface area contributed by atoms with Crippen molar-refractivity contribution in [2.75, 3.05) is 0 Å². The lowest BCUT2D eigenvalue weighted by Gasteiger charge is -2.31. The zero-order valence-electron chi connectivity index (χ0n) is 15.4. The van der Waals surface area contributed by atoms with Gasteiger partial charge >= 0.3 is 6.18 Å². The van der Waals surface area contributed by atoms with E-state index in [1.54, 1.807) is 0 Å². The molecule has 1 saturated carbocycles. The van der Waals surface area contributed by atoms with Gasteiger partial charge in [-0.2, -0.15) is 13.2 Å². The third-order valence-electron chi connectivity index (χ3n) is 5.37. The number of hydrogen-bond donors (Lipinski definition) is 1. The van der Waals surface area contributed by atoms with E-state index in [9.17, 15) is 22.4 Å². The Morgan fingerprint density at radius 2 is 1.71 bits per heavy atom. The van der Waals surface area contributed by atoms with Crippen LogP contribution in [0.3, 0.4) is 0 Å². The number of alkyl halides is 3. The molecule has 1 fully saturated rings. The van der Waals surface area contributed by atoms with Crippen LogP contribution >= 0.6 is 0 Å². The largest absolute Gasteiger partial charge is 0.417 e. The number of carbonyl (C=O) groups excluding carboxylic acids is 1. The average molecular weight is 393 g/mol. The van der Waals surface area contributed by atoms with Crippen molar-refractivity contribution in [1.82, 2.24) is 5.32 Å². The van der Waals surface area contributed by atoms with E-state index in [0.29, 0.717) is 12.5 Å². The Morgan fingerprint density at radius 1 is 1.04 bits per heavy atom. The van der Waals surface area contributed by atoms with Crippen LogP contribution in [0.5, 0.6) is 0 Å². The van der Waals surface area contributed by atoms with Gasteiger partial charge in [0.1, 0.15) is 5.82 Å². The highest BCUT2D eigenvalue weighted by atomic mass is 19.4. The molecule has 0 heterocycles. The van der Waals surface area contributed by atoms with Crippen LogP contribution in [0.1, 0.15) is 53.6 Å². The molecule has 1 unspecified atom stereocenters. The molecular weight excluding hydrogens is 370 g/mol. The normalized spacial score (nSPS) is 16.6. The summed E-state index contributed by atoms with van der Waals surface area (Å²) < 4.78 is 53.2. The van der Waals surface area contributed by atoms with Gasteiger partial charge in [-0.15, -0.1) is 0 Å². The highest BCUT2D eigenvalue weighted by Gasteiger charge is 2.36. The van der Waals surface area contributed by atoms with Gasteiger partial charge < -0.3 is 5.32 Å². The van der Waals surface area contributed by atoms with E-state index in [4.69, 9.17) is 0 Å². The summed E-state index contributed by atoms with van der Waals surface area (Å²) in [4.78, 5) is 12.7. The topological polar surface area (TPSA) is 29.1 Å². The highest BCUT2D eigenvalue weighted by Crippen LogP contribution is 2.33. The Kier molecular flexibility index (Phi) is 6.37. The molecule has 2 nitrogen and oxygen atoms in total. The van der Waals surface area contributed by atoms with E-state index in [0.717, 1.165) is 49.8 Å². The predicted octanol–water partition coefficient (Wildman–Crippen LogP) is 5.77. The van der Waals surface area contributed by atoms with Gasteiger partial charge in [0.2, 0.25) is 0 Å². The van der Waals surface area contributed by atoms with E-state index in [1.165, 1.54) is 0 Å². The number of rotatable bonds is 5. The van der Waals surface area contributed by atoms with Gasteiger partial charge in [-0.1, -0.05) is 49.6 Å². The van der Waals surface area contributed by atoms with Crippen LogP contribution in [0, 0.1) is 11.7 Å². The van der Waals surface area contributed by atoms with Crippen LogP contribution in [0.4, 0.5) is 17.6 Å². The molecule has 28 heavy (non-hydrogen) atoms. The molecule has 0 aliphatic heterocycles. The van der Waals surface area contributed by atoms with Crippen LogP contribution in [0.2, 0.25) is 0 Å². The third kappa shape index (κ3) is 5.12. The molecule has 1 N–H and O–H groups in total. The van der Waals surface area contributed by atoms with Crippen LogP contribution in [0.25, 0.3) is 0 Å². The maximum absolute atomic E-state index is 13.4. The molecule has 0 radical (unpaired) electrons. The molecule has 6 heteroatoms. The zero-order chi connectivity index (χ0) is 20.1. The van der Waals surface area contributed by atoms with Crippen LogP contribution < -0.4 is 5.32 Å². The molecule has 0 spiro atoms. The first-order valence-electron chi connectivity index (χ1n) is 9.56. The molecule has 0 bridgehead atoms. The van der Waals surface area contributed by atoms with Crippen molar-refractivity contribution >= 4 is 5.91 Å². The van der Waals surface area contributed by atoms with Crippen molar-refractivity contribution in [3.05, 3.63) is 71.0 Å². The van der Waals surface area contributed by atoms with Crippen molar-refractivity contribution in [3.8, 4) is 0 Å². The van der Waals surface area contributed by atoms with Gasteiger partial charge in [-0.3, -0.25) is 4.79 Å². The number of nitrogens with one attached hydrogen (secondary N) is 1. The Morgan fingerprint density at radius 3 is 2.36 bits per heavy atom. The SMILES string of the molecule is O=C(NC(Cc1ccccc1)C1CCCCC1)c1ccc(F)cc1C(F)(F)F. The summed E-state index contributed by atoms with van der Waals surface area (Å²) in [6.45, 7) is 0. The van der Waals surface area contributed by atoms with Gasteiger partial charge in [0.25, 0.3) is 5.91 Å². The molecule has 0 aromatic heterocycles. The van der Waals surface area contributed by atoms with Gasteiger partial charge in [-0.25, -0.2) is 4.39 Å². The molecule has 1 aliphatic carbocycles. The van der Waals surface area contributed by atoms with Gasteiger partial charge in [0, 0.05) is 6.04 Å². The van der Waals surface area contributed by atoms with Crippen LogP contribution in [-0.4, -0.2) is 11.9 Å².